The number of aromatic nitrogens is 3. The Hall–Kier alpha value is -5.75. The van der Waals surface area contributed by atoms with Gasteiger partial charge in [0.2, 0.25) is 11.7 Å². The first kappa shape index (κ1) is 36.1. The number of unbranched alkanes of at least 4 members (excludes halogenated alkanes) is 2. The van der Waals surface area contributed by atoms with Crippen molar-refractivity contribution in [3.05, 3.63) is 78.9 Å². The number of carbonyl (C=O) groups is 1. The van der Waals surface area contributed by atoms with Crippen molar-refractivity contribution in [1.29, 1.82) is 0 Å². The lowest BCUT2D eigenvalue weighted by Gasteiger charge is -2.13. The Morgan fingerprint density at radius 1 is 0.635 bits per heavy atom. The topological polar surface area (TPSA) is 112 Å². The molecule has 0 atom stereocenters. The number of nitrogens with zero attached hydrogens (tertiary/aromatic N) is 3. The van der Waals surface area contributed by atoms with Gasteiger partial charge in [-0.15, -0.1) is 11.3 Å². The molecule has 52 heavy (non-hydrogen) atoms. The van der Waals surface area contributed by atoms with Crippen LogP contribution in [0.4, 0.5) is 0 Å². The molecule has 0 aliphatic carbocycles. The predicted octanol–water partition coefficient (Wildman–Crippen LogP) is 8.83. The molecule has 0 fully saturated rings. The fraction of sp³-hybridized carbons (Fsp3) is 0.275. The lowest BCUT2D eigenvalue weighted by molar-refractivity contribution is 0.0923. The fourth-order valence-corrected chi connectivity index (χ4v) is 6.77. The lowest BCUT2D eigenvalue weighted by Crippen LogP contribution is -2.09. The third-order valence-corrected chi connectivity index (χ3v) is 9.52. The second kappa shape index (κ2) is 16.5. The van der Waals surface area contributed by atoms with Crippen LogP contribution in [-0.2, 0) is 0 Å². The molecule has 0 bridgehead atoms. The molecule has 270 valence electrons. The highest BCUT2D eigenvalue weighted by atomic mass is 32.1. The molecule has 2 heterocycles. The van der Waals surface area contributed by atoms with Crippen molar-refractivity contribution in [2.75, 3.05) is 48.8 Å². The molecule has 0 saturated heterocycles. The van der Waals surface area contributed by atoms with Crippen LogP contribution in [0.25, 0.3) is 43.3 Å². The van der Waals surface area contributed by atoms with Gasteiger partial charge in [0.05, 0.1) is 70.4 Å². The number of carbonyl (C=O) groups excluding carboxylic acids is 1. The molecule has 0 aliphatic rings. The van der Waals surface area contributed by atoms with Crippen molar-refractivity contribution in [2.24, 2.45) is 0 Å². The Morgan fingerprint density at radius 2 is 1.21 bits per heavy atom. The van der Waals surface area contributed by atoms with Gasteiger partial charge in [0.15, 0.2) is 34.5 Å². The Balaban J connectivity index is 1.09. The highest BCUT2D eigenvalue weighted by molar-refractivity contribution is 7.21. The molecule has 6 rings (SSSR count). The van der Waals surface area contributed by atoms with E-state index in [9.17, 15) is 4.79 Å². The summed E-state index contributed by atoms with van der Waals surface area (Å²) < 4.78 is 42.6. The van der Waals surface area contributed by atoms with E-state index in [0.717, 1.165) is 45.6 Å². The summed E-state index contributed by atoms with van der Waals surface area (Å²) in [7, 11) is 7.89. The number of hydrogen-bond donors (Lipinski definition) is 0. The first-order valence-corrected chi connectivity index (χ1v) is 17.6. The Kier molecular flexibility index (Phi) is 11.4. The molecular formula is C40H41N3O8S. The average molecular weight is 724 g/mol. The molecule has 0 spiro atoms. The lowest BCUT2D eigenvalue weighted by atomic mass is 10.1. The minimum absolute atomic E-state index is 0.240. The van der Waals surface area contributed by atoms with E-state index < -0.39 is 0 Å². The first-order chi connectivity index (χ1) is 25.4. The maximum Gasteiger partial charge on any atom is 0.244 e. The molecule has 2 aromatic heterocycles. The van der Waals surface area contributed by atoms with Gasteiger partial charge in [-0.1, -0.05) is 12.1 Å². The largest absolute Gasteiger partial charge is 0.493 e. The quantitative estimate of drug-likeness (QED) is 0.0898. The molecule has 0 unspecified atom stereocenters. The zero-order valence-corrected chi connectivity index (χ0v) is 30.9. The highest BCUT2D eigenvalue weighted by Crippen LogP contribution is 2.42. The number of thiazole rings is 1. The summed E-state index contributed by atoms with van der Waals surface area (Å²) in [5.41, 5.74) is 4.58. The van der Waals surface area contributed by atoms with Gasteiger partial charge in [0, 0.05) is 23.6 Å². The van der Waals surface area contributed by atoms with Gasteiger partial charge in [0.25, 0.3) is 0 Å². The van der Waals surface area contributed by atoms with Crippen LogP contribution >= 0.6 is 11.3 Å². The van der Waals surface area contributed by atoms with Crippen LogP contribution in [0.3, 0.4) is 0 Å². The number of hydrogen-bond acceptors (Lipinski definition) is 11. The summed E-state index contributed by atoms with van der Waals surface area (Å²) in [6, 6.07) is 25.0. The van der Waals surface area contributed by atoms with Gasteiger partial charge < -0.3 is 33.2 Å². The van der Waals surface area contributed by atoms with Gasteiger partial charge in [0.1, 0.15) is 5.01 Å². The van der Waals surface area contributed by atoms with Crippen molar-refractivity contribution in [1.82, 2.24) is 14.8 Å². The molecule has 12 heteroatoms. The minimum Gasteiger partial charge on any atom is -0.493 e. The maximum absolute atomic E-state index is 12.7. The first-order valence-electron chi connectivity index (χ1n) is 16.8. The van der Waals surface area contributed by atoms with Crippen LogP contribution in [0, 0.1) is 0 Å². The van der Waals surface area contributed by atoms with Gasteiger partial charge in [-0.3, -0.25) is 4.79 Å². The van der Waals surface area contributed by atoms with Gasteiger partial charge in [-0.05, 0) is 86.0 Å². The zero-order valence-electron chi connectivity index (χ0n) is 30.1. The molecule has 0 amide bonds. The third kappa shape index (κ3) is 7.76. The summed E-state index contributed by atoms with van der Waals surface area (Å²) in [6.45, 7) is 2.47. The van der Waals surface area contributed by atoms with Crippen LogP contribution in [0.5, 0.6) is 40.2 Å². The van der Waals surface area contributed by atoms with Crippen molar-refractivity contribution < 1.29 is 38.0 Å². The van der Waals surface area contributed by atoms with Crippen LogP contribution in [-0.4, -0.2) is 69.4 Å². The number of fused-ring (bicyclic) bond motifs is 1. The second-order valence-corrected chi connectivity index (χ2v) is 12.8. The van der Waals surface area contributed by atoms with Crippen LogP contribution in [0.1, 0.15) is 31.0 Å². The molecule has 0 N–H and O–H groups in total. The third-order valence-electron chi connectivity index (χ3n) is 8.44. The van der Waals surface area contributed by atoms with Crippen molar-refractivity contribution in [2.45, 2.75) is 26.2 Å². The van der Waals surface area contributed by atoms with Crippen molar-refractivity contribution >= 4 is 27.5 Å². The van der Waals surface area contributed by atoms with Crippen molar-refractivity contribution in [3.8, 4) is 73.3 Å². The number of para-hydroxylation sites is 1. The number of rotatable bonds is 16. The number of benzene rings is 4. The molecular weight excluding hydrogens is 683 g/mol. The molecule has 6 aromatic rings. The molecule has 11 nitrogen and oxygen atoms in total. The van der Waals surface area contributed by atoms with E-state index >= 15 is 0 Å². The van der Waals surface area contributed by atoms with E-state index in [4.69, 9.17) is 38.1 Å². The normalized spacial score (nSPS) is 11.0. The zero-order chi connectivity index (χ0) is 36.6. The molecule has 0 radical (unpaired) electrons. The maximum atomic E-state index is 12.7. The second-order valence-electron chi connectivity index (χ2n) is 11.7. The summed E-state index contributed by atoms with van der Waals surface area (Å²) in [5, 5.41) is 5.56. The predicted molar refractivity (Wildman–Crippen MR) is 202 cm³/mol. The standard InChI is InChI=1S/C40H41N3O8S/c1-25(44)43-31(24-30(42-43)28-22-36(47-4)39(49-6)37(23-28)48-5)26-14-16-32(45-2)34(20-26)50-18-10-7-11-19-51-35-21-27(15-17-33(35)46-3)40-41-29-12-8-9-13-38(29)52-40/h8-9,12-17,20-24H,7,10-11,18-19H2,1-6H3. The van der Waals surface area contributed by atoms with Gasteiger partial charge in [-0.25, -0.2) is 4.98 Å². The van der Waals surface area contributed by atoms with Gasteiger partial charge in [-0.2, -0.15) is 9.78 Å². The van der Waals surface area contributed by atoms with E-state index in [2.05, 4.69) is 11.2 Å². The molecule has 4 aromatic carbocycles. The molecule has 0 saturated carbocycles. The van der Waals surface area contributed by atoms with Crippen LogP contribution < -0.4 is 33.2 Å². The fourth-order valence-electron chi connectivity index (χ4n) is 5.81. The average Bonchev–Trinajstić information content (AvgIpc) is 3.83. The van der Waals surface area contributed by atoms with Gasteiger partial charge >= 0.3 is 0 Å². The summed E-state index contributed by atoms with van der Waals surface area (Å²) in [5.74, 6) is 3.72. The monoisotopic (exact) mass is 723 g/mol. The number of ether oxygens (including phenoxy) is 7. The molecule has 0 aliphatic heterocycles. The highest BCUT2D eigenvalue weighted by Gasteiger charge is 2.20. The van der Waals surface area contributed by atoms with Crippen molar-refractivity contribution in [3.63, 3.8) is 0 Å². The summed E-state index contributed by atoms with van der Waals surface area (Å²) >= 11 is 1.65. The Bertz CT molecular complexity index is 2120. The van der Waals surface area contributed by atoms with Crippen LogP contribution in [0.2, 0.25) is 0 Å². The Labute approximate surface area is 306 Å². The van der Waals surface area contributed by atoms with Crippen LogP contribution in [0.15, 0.2) is 78.9 Å². The minimum atomic E-state index is -0.240. The van der Waals surface area contributed by atoms with E-state index in [1.807, 2.05) is 60.7 Å². The van der Waals surface area contributed by atoms with E-state index in [-0.39, 0.29) is 5.91 Å². The van der Waals surface area contributed by atoms with E-state index in [1.165, 1.54) is 11.6 Å². The Morgan fingerprint density at radius 3 is 1.79 bits per heavy atom. The summed E-state index contributed by atoms with van der Waals surface area (Å²) in [6.07, 6.45) is 2.52. The smallest absolute Gasteiger partial charge is 0.244 e. The number of methoxy groups -OCH3 is 5. The SMILES string of the molecule is COc1ccc(-c2nc3ccccc3s2)cc1OCCCCCOc1cc(-c2cc(-c3cc(OC)c(OC)c(OC)c3)nn2C(C)=O)ccc1OC. The van der Waals surface area contributed by atoms with E-state index in [1.54, 1.807) is 59.0 Å². The summed E-state index contributed by atoms with van der Waals surface area (Å²) in [4.78, 5) is 17.5. The van der Waals surface area contributed by atoms with E-state index in [0.29, 0.717) is 70.4 Å².